The van der Waals surface area contributed by atoms with E-state index in [4.69, 9.17) is 0 Å². The highest BCUT2D eigenvalue weighted by molar-refractivity contribution is 5.51. The van der Waals surface area contributed by atoms with E-state index in [-0.39, 0.29) is 0 Å². The fourth-order valence-electron chi connectivity index (χ4n) is 4.41. The minimum atomic E-state index is 0.319. The molecule has 29 heavy (non-hydrogen) atoms. The van der Waals surface area contributed by atoms with Crippen LogP contribution in [0.1, 0.15) is 38.2 Å². The summed E-state index contributed by atoms with van der Waals surface area (Å²) >= 11 is 0. The van der Waals surface area contributed by atoms with Crippen molar-refractivity contribution in [3.63, 3.8) is 0 Å². The molecular weight excluding hydrogens is 362 g/mol. The van der Waals surface area contributed by atoms with Crippen molar-refractivity contribution in [1.29, 1.82) is 0 Å². The number of nitrogens with zero attached hydrogens (tertiary/aromatic N) is 4. The van der Waals surface area contributed by atoms with E-state index in [0.717, 1.165) is 63.1 Å². The molecule has 0 bridgehead atoms. The van der Waals surface area contributed by atoms with Crippen molar-refractivity contribution in [1.82, 2.24) is 9.97 Å². The lowest BCUT2D eigenvalue weighted by Gasteiger charge is -2.33. The number of anilines is 3. The van der Waals surface area contributed by atoms with Crippen LogP contribution in [0.3, 0.4) is 0 Å². The van der Waals surface area contributed by atoms with E-state index in [2.05, 4.69) is 62.3 Å². The van der Waals surface area contributed by atoms with Crippen molar-refractivity contribution in [2.45, 2.75) is 39.2 Å². The lowest BCUT2D eigenvalue weighted by Crippen LogP contribution is -2.34. The Labute approximate surface area is 174 Å². The van der Waals surface area contributed by atoms with Crippen LogP contribution < -0.4 is 15.1 Å². The molecule has 1 atom stereocenters. The van der Waals surface area contributed by atoms with Crippen LogP contribution in [-0.2, 0) is 6.54 Å². The molecule has 2 aliphatic rings. The van der Waals surface area contributed by atoms with E-state index in [1.165, 1.54) is 24.1 Å². The van der Waals surface area contributed by atoms with Crippen molar-refractivity contribution in [2.24, 2.45) is 11.8 Å². The summed E-state index contributed by atoms with van der Waals surface area (Å²) in [5.41, 5.74) is 2.51. The van der Waals surface area contributed by atoms with Crippen LogP contribution in [0.4, 0.5) is 17.3 Å². The second kappa shape index (κ2) is 9.44. The van der Waals surface area contributed by atoms with E-state index in [1.807, 2.05) is 0 Å². The Hall–Kier alpha value is -2.34. The normalized spacial score (nSPS) is 20.7. The van der Waals surface area contributed by atoms with Gasteiger partial charge < -0.3 is 20.2 Å². The smallest absolute Gasteiger partial charge is 0.134 e. The molecule has 6 heteroatoms. The molecule has 1 unspecified atom stereocenters. The maximum Gasteiger partial charge on any atom is 0.134 e. The summed E-state index contributed by atoms with van der Waals surface area (Å²) in [7, 11) is 0. The molecule has 2 saturated heterocycles. The van der Waals surface area contributed by atoms with Crippen molar-refractivity contribution in [3.05, 3.63) is 42.2 Å². The molecule has 6 nitrogen and oxygen atoms in total. The SMILES string of the molecule is CC1CCCN(c2cc(NCc3ccc(N4CCC(CO)CC4)cc3)ncn2)C1. The van der Waals surface area contributed by atoms with E-state index < -0.39 is 0 Å². The molecule has 0 aliphatic carbocycles. The molecule has 2 fully saturated rings. The number of rotatable bonds is 6. The first-order valence-electron chi connectivity index (χ1n) is 11.0. The Balaban J connectivity index is 1.32. The quantitative estimate of drug-likeness (QED) is 0.780. The van der Waals surface area contributed by atoms with Crippen LogP contribution in [0.25, 0.3) is 0 Å². The maximum atomic E-state index is 9.30. The summed E-state index contributed by atoms with van der Waals surface area (Å²) in [6.07, 6.45) is 6.35. The van der Waals surface area contributed by atoms with Gasteiger partial charge >= 0.3 is 0 Å². The predicted octanol–water partition coefficient (Wildman–Crippen LogP) is 3.53. The number of nitrogens with one attached hydrogen (secondary N) is 1. The van der Waals surface area contributed by atoms with Gasteiger partial charge in [0.25, 0.3) is 0 Å². The van der Waals surface area contributed by atoms with E-state index >= 15 is 0 Å². The number of aliphatic hydroxyl groups is 1. The highest BCUT2D eigenvalue weighted by atomic mass is 16.3. The highest BCUT2D eigenvalue weighted by Gasteiger charge is 2.19. The topological polar surface area (TPSA) is 64.5 Å². The van der Waals surface area contributed by atoms with Gasteiger partial charge in [-0.05, 0) is 55.2 Å². The third-order valence-corrected chi connectivity index (χ3v) is 6.28. The molecule has 4 rings (SSSR count). The Kier molecular flexibility index (Phi) is 6.49. The molecule has 3 heterocycles. The van der Waals surface area contributed by atoms with Crippen LogP contribution in [-0.4, -0.2) is 47.9 Å². The van der Waals surface area contributed by atoms with Gasteiger partial charge in [0.05, 0.1) is 0 Å². The van der Waals surface area contributed by atoms with E-state index in [9.17, 15) is 5.11 Å². The molecule has 156 valence electrons. The van der Waals surface area contributed by atoms with Gasteiger partial charge in [0.1, 0.15) is 18.0 Å². The van der Waals surface area contributed by atoms with Crippen LogP contribution >= 0.6 is 0 Å². The van der Waals surface area contributed by atoms with Gasteiger partial charge in [-0.25, -0.2) is 9.97 Å². The molecule has 0 spiro atoms. The van der Waals surface area contributed by atoms with Gasteiger partial charge in [0.2, 0.25) is 0 Å². The Morgan fingerprint density at radius 1 is 1.03 bits per heavy atom. The zero-order valence-electron chi connectivity index (χ0n) is 17.4. The van der Waals surface area contributed by atoms with Gasteiger partial charge in [-0.2, -0.15) is 0 Å². The van der Waals surface area contributed by atoms with E-state index in [0.29, 0.717) is 12.5 Å². The van der Waals surface area contributed by atoms with E-state index in [1.54, 1.807) is 6.33 Å². The minimum Gasteiger partial charge on any atom is -0.396 e. The van der Waals surface area contributed by atoms with Crippen LogP contribution in [0.2, 0.25) is 0 Å². The highest BCUT2D eigenvalue weighted by Crippen LogP contribution is 2.24. The second-order valence-electron chi connectivity index (χ2n) is 8.59. The van der Waals surface area contributed by atoms with Crippen LogP contribution in [0, 0.1) is 11.8 Å². The fraction of sp³-hybridized carbons (Fsp3) is 0.565. The summed E-state index contributed by atoms with van der Waals surface area (Å²) in [5.74, 6) is 3.10. The van der Waals surface area contributed by atoms with Crippen molar-refractivity contribution >= 4 is 17.3 Å². The average molecular weight is 396 g/mol. The number of aromatic nitrogens is 2. The summed E-state index contributed by atoms with van der Waals surface area (Å²) in [6.45, 7) is 7.60. The van der Waals surface area contributed by atoms with Gasteiger partial charge in [-0.3, -0.25) is 0 Å². The molecule has 2 aliphatic heterocycles. The molecule has 2 aromatic rings. The summed E-state index contributed by atoms with van der Waals surface area (Å²) in [6, 6.07) is 10.9. The van der Waals surface area contributed by atoms with Gasteiger partial charge in [0.15, 0.2) is 0 Å². The Bertz CT molecular complexity index is 773. The third-order valence-electron chi connectivity index (χ3n) is 6.28. The number of hydrogen-bond donors (Lipinski definition) is 2. The Morgan fingerprint density at radius 2 is 1.83 bits per heavy atom. The van der Waals surface area contributed by atoms with Gasteiger partial charge in [-0.1, -0.05) is 19.1 Å². The zero-order valence-corrected chi connectivity index (χ0v) is 17.4. The first kappa shape index (κ1) is 20.0. The molecule has 1 aromatic heterocycles. The van der Waals surface area contributed by atoms with Crippen molar-refractivity contribution in [2.75, 3.05) is 47.9 Å². The summed E-state index contributed by atoms with van der Waals surface area (Å²) < 4.78 is 0. The average Bonchev–Trinajstić information content (AvgIpc) is 2.78. The van der Waals surface area contributed by atoms with Gasteiger partial charge in [0, 0.05) is 51.1 Å². The molecule has 1 aromatic carbocycles. The molecule has 0 amide bonds. The molecule has 0 radical (unpaired) electrons. The fourth-order valence-corrected chi connectivity index (χ4v) is 4.41. The Morgan fingerprint density at radius 3 is 2.55 bits per heavy atom. The summed E-state index contributed by atoms with van der Waals surface area (Å²) in [4.78, 5) is 13.7. The lowest BCUT2D eigenvalue weighted by atomic mass is 9.97. The van der Waals surface area contributed by atoms with Crippen molar-refractivity contribution in [3.8, 4) is 0 Å². The number of benzene rings is 1. The number of hydrogen-bond acceptors (Lipinski definition) is 6. The minimum absolute atomic E-state index is 0.319. The first-order valence-corrected chi connectivity index (χ1v) is 11.0. The predicted molar refractivity (Wildman–Crippen MR) is 118 cm³/mol. The zero-order chi connectivity index (χ0) is 20.1. The maximum absolute atomic E-state index is 9.30. The van der Waals surface area contributed by atoms with Crippen molar-refractivity contribution < 1.29 is 5.11 Å². The molecule has 0 saturated carbocycles. The second-order valence-corrected chi connectivity index (χ2v) is 8.59. The van der Waals surface area contributed by atoms with Crippen LogP contribution in [0.5, 0.6) is 0 Å². The molecule has 2 N–H and O–H groups in total. The third kappa shape index (κ3) is 5.18. The number of aliphatic hydroxyl groups excluding tert-OH is 1. The first-order chi connectivity index (χ1) is 14.2. The summed E-state index contributed by atoms with van der Waals surface area (Å²) in [5, 5.41) is 12.7. The molecular formula is C23H33N5O. The van der Waals surface area contributed by atoms with Gasteiger partial charge in [-0.15, -0.1) is 0 Å². The largest absolute Gasteiger partial charge is 0.396 e. The standard InChI is InChI=1S/C23H33N5O/c1-18-3-2-10-28(15-18)23-13-22(25-17-26-23)24-14-19-4-6-21(7-5-19)27-11-8-20(16-29)9-12-27/h4-7,13,17-18,20,29H,2-3,8-12,14-16H2,1H3,(H,24,25,26). The monoisotopic (exact) mass is 395 g/mol. The number of piperidine rings is 2. The van der Waals surface area contributed by atoms with Crippen LogP contribution in [0.15, 0.2) is 36.7 Å². The lowest BCUT2D eigenvalue weighted by molar-refractivity contribution is 0.203.